The molecule has 2 amide bonds. The van der Waals surface area contributed by atoms with Gasteiger partial charge in [-0.2, -0.15) is 4.73 Å². The summed E-state index contributed by atoms with van der Waals surface area (Å²) in [6.45, 7) is 6.74. The van der Waals surface area contributed by atoms with Gasteiger partial charge in [-0.3, -0.25) is 10.1 Å². The highest BCUT2D eigenvalue weighted by molar-refractivity contribution is 6.32. The summed E-state index contributed by atoms with van der Waals surface area (Å²) in [7, 11) is 0. The first kappa shape index (κ1) is 30.3. The first-order valence-electron chi connectivity index (χ1n) is 13.9. The SMILES string of the molecule is CC(=O)Nc1ccc(-c2cnc(C(CC3CC3)c3ccc(-c4cc(Cl)ccc4NC(=O)OC(C)(C)C)c[n+]3[O-])[nH]2)c(Cl)n1. The van der Waals surface area contributed by atoms with Gasteiger partial charge in [0, 0.05) is 34.7 Å². The number of carbonyl (C=O) groups is 2. The molecular formula is C31H32Cl2N6O4. The van der Waals surface area contributed by atoms with Crippen molar-refractivity contribution in [1.82, 2.24) is 15.0 Å². The molecule has 1 aliphatic carbocycles. The van der Waals surface area contributed by atoms with Crippen molar-refractivity contribution >= 4 is 46.7 Å². The normalized spacial score (nSPS) is 13.8. The molecular weight excluding hydrogens is 591 g/mol. The Morgan fingerprint density at radius 3 is 2.53 bits per heavy atom. The number of nitrogens with zero attached hydrogens (tertiary/aromatic N) is 3. The summed E-state index contributed by atoms with van der Waals surface area (Å²) >= 11 is 12.7. The van der Waals surface area contributed by atoms with Crippen LogP contribution >= 0.6 is 23.2 Å². The predicted molar refractivity (Wildman–Crippen MR) is 166 cm³/mol. The quantitative estimate of drug-likeness (QED) is 0.107. The Morgan fingerprint density at radius 1 is 1.12 bits per heavy atom. The Morgan fingerprint density at radius 2 is 1.88 bits per heavy atom. The number of imidazole rings is 1. The van der Waals surface area contributed by atoms with Crippen LogP contribution in [-0.2, 0) is 9.53 Å². The lowest BCUT2D eigenvalue weighted by Gasteiger charge is -2.20. The number of pyridine rings is 2. The van der Waals surface area contributed by atoms with Gasteiger partial charge in [-0.05, 0) is 69.5 Å². The van der Waals surface area contributed by atoms with E-state index < -0.39 is 11.7 Å². The Labute approximate surface area is 259 Å². The fourth-order valence-electron chi connectivity index (χ4n) is 4.79. The number of hydrogen-bond acceptors (Lipinski definition) is 6. The molecule has 0 spiro atoms. The summed E-state index contributed by atoms with van der Waals surface area (Å²) < 4.78 is 6.25. The summed E-state index contributed by atoms with van der Waals surface area (Å²) in [5.41, 5.74) is 2.76. The minimum Gasteiger partial charge on any atom is -0.618 e. The van der Waals surface area contributed by atoms with Crippen molar-refractivity contribution in [3.63, 3.8) is 0 Å². The molecule has 1 fully saturated rings. The minimum absolute atomic E-state index is 0.209. The van der Waals surface area contributed by atoms with Gasteiger partial charge in [0.05, 0.1) is 17.6 Å². The van der Waals surface area contributed by atoms with E-state index >= 15 is 0 Å². The standard InChI is InChI=1S/C31H32Cl2N6O4/c1-17(40)35-27-12-9-21(28(33)38-27)25-15-34-29(36-25)23(13-18-5-6-18)26-11-7-19(16-39(26)42)22-14-20(32)8-10-24(22)37-30(41)43-31(2,3)4/h7-12,14-16,18,23H,5-6,13H2,1-4H3,(H,34,36)(H,37,41)(H,35,38,40). The molecule has 1 unspecified atom stereocenters. The highest BCUT2D eigenvalue weighted by Gasteiger charge is 2.33. The van der Waals surface area contributed by atoms with Crippen molar-refractivity contribution in [1.29, 1.82) is 0 Å². The lowest BCUT2D eigenvalue weighted by Crippen LogP contribution is -2.34. The molecule has 43 heavy (non-hydrogen) atoms. The molecule has 0 bridgehead atoms. The van der Waals surface area contributed by atoms with Gasteiger partial charge in [0.25, 0.3) is 0 Å². The summed E-state index contributed by atoms with van der Waals surface area (Å²) in [5, 5.41) is 19.6. The molecule has 3 N–H and O–H groups in total. The van der Waals surface area contributed by atoms with Crippen molar-refractivity contribution < 1.29 is 19.1 Å². The third-order valence-electron chi connectivity index (χ3n) is 6.86. The monoisotopic (exact) mass is 622 g/mol. The maximum atomic E-state index is 13.6. The van der Waals surface area contributed by atoms with Crippen LogP contribution in [0.5, 0.6) is 0 Å². The van der Waals surface area contributed by atoms with Crippen molar-refractivity contribution in [2.45, 2.75) is 58.5 Å². The van der Waals surface area contributed by atoms with Gasteiger partial charge in [-0.1, -0.05) is 36.0 Å². The third-order valence-corrected chi connectivity index (χ3v) is 7.39. The molecule has 10 nitrogen and oxygen atoms in total. The first-order valence-corrected chi connectivity index (χ1v) is 14.6. The number of carbonyl (C=O) groups excluding carboxylic acids is 2. The molecule has 3 aromatic heterocycles. The van der Waals surface area contributed by atoms with Crippen molar-refractivity contribution in [2.75, 3.05) is 10.6 Å². The van der Waals surface area contributed by atoms with E-state index in [1.54, 1.807) is 63.4 Å². The van der Waals surface area contributed by atoms with Gasteiger partial charge in [-0.15, -0.1) is 0 Å². The number of aromatic amines is 1. The van der Waals surface area contributed by atoms with E-state index in [1.165, 1.54) is 13.1 Å². The van der Waals surface area contributed by atoms with Gasteiger partial charge < -0.3 is 20.2 Å². The molecule has 5 rings (SSSR count). The molecule has 0 aliphatic heterocycles. The number of aromatic nitrogens is 4. The smallest absolute Gasteiger partial charge is 0.412 e. The molecule has 1 aliphatic rings. The first-order chi connectivity index (χ1) is 20.4. The zero-order valence-electron chi connectivity index (χ0n) is 24.2. The molecule has 12 heteroatoms. The highest BCUT2D eigenvalue weighted by Crippen LogP contribution is 2.41. The van der Waals surface area contributed by atoms with E-state index in [9.17, 15) is 14.8 Å². The number of nitrogens with one attached hydrogen (secondary N) is 3. The van der Waals surface area contributed by atoms with Gasteiger partial charge in [0.1, 0.15) is 28.3 Å². The maximum Gasteiger partial charge on any atom is 0.412 e. The topological polar surface area (TPSA) is 136 Å². The van der Waals surface area contributed by atoms with Crippen LogP contribution in [0, 0.1) is 11.1 Å². The molecule has 1 aromatic carbocycles. The minimum atomic E-state index is -0.670. The van der Waals surface area contributed by atoms with Crippen LogP contribution in [0.1, 0.15) is 64.4 Å². The third kappa shape index (κ3) is 7.63. The summed E-state index contributed by atoms with van der Waals surface area (Å²) in [6.07, 6.45) is 5.49. The van der Waals surface area contributed by atoms with Crippen LogP contribution < -0.4 is 15.4 Å². The average molecular weight is 624 g/mol. The van der Waals surface area contributed by atoms with Crippen molar-refractivity contribution in [3.05, 3.63) is 81.8 Å². The molecule has 1 atom stereocenters. The second kappa shape index (κ2) is 12.2. The van der Waals surface area contributed by atoms with Crippen LogP contribution in [0.2, 0.25) is 10.2 Å². The van der Waals surface area contributed by atoms with Crippen LogP contribution in [0.25, 0.3) is 22.4 Å². The van der Waals surface area contributed by atoms with E-state index in [-0.39, 0.29) is 17.0 Å². The Bertz CT molecular complexity index is 1680. The van der Waals surface area contributed by atoms with E-state index in [1.807, 2.05) is 6.07 Å². The van der Waals surface area contributed by atoms with Gasteiger partial charge in [-0.25, -0.2) is 14.8 Å². The Balaban J connectivity index is 1.45. The molecule has 4 aromatic rings. The molecule has 224 valence electrons. The molecule has 0 radical (unpaired) electrons. The van der Waals surface area contributed by atoms with Crippen LogP contribution in [-0.4, -0.2) is 32.6 Å². The lowest BCUT2D eigenvalue weighted by atomic mass is 9.95. The number of hydrogen-bond donors (Lipinski definition) is 3. The second-order valence-electron chi connectivity index (χ2n) is 11.6. The number of anilines is 2. The van der Waals surface area contributed by atoms with E-state index in [0.717, 1.165) is 24.0 Å². The van der Waals surface area contributed by atoms with Gasteiger partial charge >= 0.3 is 6.09 Å². The zero-order chi connectivity index (χ0) is 30.9. The molecule has 3 heterocycles. The predicted octanol–water partition coefficient (Wildman–Crippen LogP) is 7.32. The average Bonchev–Trinajstić information content (AvgIpc) is 3.60. The molecule has 1 saturated carbocycles. The largest absolute Gasteiger partial charge is 0.618 e. The second-order valence-corrected chi connectivity index (χ2v) is 12.4. The van der Waals surface area contributed by atoms with Crippen molar-refractivity contribution in [3.8, 4) is 22.4 Å². The van der Waals surface area contributed by atoms with E-state index in [4.69, 9.17) is 27.9 Å². The van der Waals surface area contributed by atoms with E-state index in [0.29, 0.717) is 56.3 Å². The Hall–Kier alpha value is -4.15. The van der Waals surface area contributed by atoms with E-state index in [2.05, 4.69) is 25.6 Å². The summed E-state index contributed by atoms with van der Waals surface area (Å²) in [4.78, 5) is 36.1. The fourth-order valence-corrected chi connectivity index (χ4v) is 5.22. The zero-order valence-corrected chi connectivity index (χ0v) is 25.7. The Kier molecular flexibility index (Phi) is 8.62. The lowest BCUT2D eigenvalue weighted by molar-refractivity contribution is -0.614. The number of H-pyrrole nitrogens is 1. The van der Waals surface area contributed by atoms with Gasteiger partial charge in [0.15, 0.2) is 6.20 Å². The van der Waals surface area contributed by atoms with Crippen LogP contribution in [0.3, 0.4) is 0 Å². The number of amides is 2. The van der Waals surface area contributed by atoms with Crippen LogP contribution in [0.15, 0.2) is 54.9 Å². The maximum absolute atomic E-state index is 13.6. The van der Waals surface area contributed by atoms with Crippen molar-refractivity contribution in [2.24, 2.45) is 5.92 Å². The van der Waals surface area contributed by atoms with Gasteiger partial charge in [0.2, 0.25) is 11.6 Å². The summed E-state index contributed by atoms with van der Waals surface area (Å²) in [6, 6.07) is 12.1. The number of benzene rings is 1. The number of halogens is 2. The number of ether oxygens (including phenoxy) is 1. The fraction of sp³-hybridized carbons (Fsp3) is 0.323. The van der Waals surface area contributed by atoms with Crippen LogP contribution in [0.4, 0.5) is 16.3 Å². The summed E-state index contributed by atoms with van der Waals surface area (Å²) in [5.74, 6) is 0.946. The number of rotatable bonds is 8. The highest BCUT2D eigenvalue weighted by atomic mass is 35.5. The molecule has 0 saturated heterocycles.